The highest BCUT2D eigenvalue weighted by molar-refractivity contribution is 5.49. The van der Waals surface area contributed by atoms with Crippen molar-refractivity contribution in [2.45, 2.75) is 38.8 Å². The second-order valence-electron chi connectivity index (χ2n) is 5.53. The maximum absolute atomic E-state index is 13.9. The van der Waals surface area contributed by atoms with Crippen LogP contribution in [0.1, 0.15) is 27.2 Å². The van der Waals surface area contributed by atoms with Crippen molar-refractivity contribution in [2.24, 2.45) is 0 Å². The summed E-state index contributed by atoms with van der Waals surface area (Å²) in [5, 5.41) is 3.51. The molecule has 3 heteroatoms. The molecule has 0 aliphatic carbocycles. The Morgan fingerprint density at radius 3 is 2.76 bits per heavy atom. The van der Waals surface area contributed by atoms with Gasteiger partial charge >= 0.3 is 0 Å². The molecule has 1 saturated heterocycles. The zero-order chi connectivity index (χ0) is 12.5. The van der Waals surface area contributed by atoms with Crippen molar-refractivity contribution in [3.63, 3.8) is 0 Å². The number of nitrogens with one attached hydrogen (secondary N) is 1. The summed E-state index contributed by atoms with van der Waals surface area (Å²) >= 11 is 0. The third-order valence-electron chi connectivity index (χ3n) is 3.43. The molecule has 0 aromatic heterocycles. The van der Waals surface area contributed by atoms with Crippen molar-refractivity contribution in [3.05, 3.63) is 30.1 Å². The minimum absolute atomic E-state index is 0.0209. The number of para-hydroxylation sites is 1. The normalized spacial score (nSPS) is 24.5. The van der Waals surface area contributed by atoms with Crippen LogP contribution in [-0.2, 0) is 0 Å². The SMILES string of the molecule is CC1CCNC(C)(C)CN1c1ccccc1F. The topological polar surface area (TPSA) is 15.3 Å². The lowest BCUT2D eigenvalue weighted by molar-refractivity contribution is 0.414. The predicted molar refractivity (Wildman–Crippen MR) is 69.9 cm³/mol. The van der Waals surface area contributed by atoms with Crippen LogP contribution in [0.2, 0.25) is 0 Å². The van der Waals surface area contributed by atoms with E-state index in [4.69, 9.17) is 0 Å². The number of anilines is 1. The third kappa shape index (κ3) is 2.78. The molecule has 2 rings (SSSR count). The molecule has 1 aromatic carbocycles. The van der Waals surface area contributed by atoms with Gasteiger partial charge in [-0.05, 0) is 45.9 Å². The standard InChI is InChI=1S/C14H21FN2/c1-11-8-9-16-14(2,3)10-17(11)13-7-5-4-6-12(13)15/h4-7,11,16H,8-10H2,1-3H3. The fourth-order valence-electron chi connectivity index (χ4n) is 2.42. The highest BCUT2D eigenvalue weighted by Gasteiger charge is 2.29. The molecule has 2 nitrogen and oxygen atoms in total. The van der Waals surface area contributed by atoms with Gasteiger partial charge in [0.25, 0.3) is 0 Å². The van der Waals surface area contributed by atoms with E-state index in [2.05, 4.69) is 31.0 Å². The summed E-state index contributed by atoms with van der Waals surface area (Å²) in [6, 6.07) is 7.41. The van der Waals surface area contributed by atoms with Gasteiger partial charge < -0.3 is 10.2 Å². The fourth-order valence-corrected chi connectivity index (χ4v) is 2.42. The van der Waals surface area contributed by atoms with Crippen LogP contribution in [0.4, 0.5) is 10.1 Å². The van der Waals surface area contributed by atoms with Gasteiger partial charge in [-0.25, -0.2) is 4.39 Å². The Kier molecular flexibility index (Phi) is 3.38. The van der Waals surface area contributed by atoms with E-state index in [-0.39, 0.29) is 11.4 Å². The van der Waals surface area contributed by atoms with Crippen molar-refractivity contribution >= 4 is 5.69 Å². The van der Waals surface area contributed by atoms with Crippen LogP contribution >= 0.6 is 0 Å². The van der Waals surface area contributed by atoms with Crippen molar-refractivity contribution < 1.29 is 4.39 Å². The van der Waals surface area contributed by atoms with E-state index >= 15 is 0 Å². The van der Waals surface area contributed by atoms with Crippen LogP contribution in [-0.4, -0.2) is 24.7 Å². The van der Waals surface area contributed by atoms with Crippen molar-refractivity contribution in [1.29, 1.82) is 0 Å². The summed E-state index contributed by atoms with van der Waals surface area (Å²) in [5.41, 5.74) is 0.740. The van der Waals surface area contributed by atoms with Gasteiger partial charge in [-0.2, -0.15) is 0 Å². The lowest BCUT2D eigenvalue weighted by Crippen LogP contribution is -2.47. The van der Waals surface area contributed by atoms with E-state index in [9.17, 15) is 4.39 Å². The van der Waals surface area contributed by atoms with Crippen LogP contribution in [0.3, 0.4) is 0 Å². The molecule has 1 N–H and O–H groups in total. The smallest absolute Gasteiger partial charge is 0.146 e. The van der Waals surface area contributed by atoms with E-state index in [1.54, 1.807) is 6.07 Å². The minimum atomic E-state index is -0.128. The van der Waals surface area contributed by atoms with Crippen LogP contribution in [0.15, 0.2) is 24.3 Å². The molecule has 1 aromatic rings. The third-order valence-corrected chi connectivity index (χ3v) is 3.43. The first-order valence-electron chi connectivity index (χ1n) is 6.26. The number of hydrogen-bond acceptors (Lipinski definition) is 2. The number of rotatable bonds is 1. The molecule has 0 amide bonds. The Morgan fingerprint density at radius 1 is 1.35 bits per heavy atom. The van der Waals surface area contributed by atoms with Gasteiger partial charge in [0.2, 0.25) is 0 Å². The summed E-state index contributed by atoms with van der Waals surface area (Å²) in [7, 11) is 0. The molecule has 94 valence electrons. The lowest BCUT2D eigenvalue weighted by Gasteiger charge is -2.35. The van der Waals surface area contributed by atoms with E-state index in [1.807, 2.05) is 12.1 Å². The number of nitrogens with zero attached hydrogens (tertiary/aromatic N) is 1. The molecule has 17 heavy (non-hydrogen) atoms. The number of halogens is 1. The van der Waals surface area contributed by atoms with Crippen LogP contribution in [0, 0.1) is 5.82 Å². The average molecular weight is 236 g/mol. The molecular weight excluding hydrogens is 215 g/mol. The van der Waals surface area contributed by atoms with Crippen LogP contribution in [0.5, 0.6) is 0 Å². The molecule has 0 spiro atoms. The fraction of sp³-hybridized carbons (Fsp3) is 0.571. The second kappa shape index (κ2) is 4.65. The van der Waals surface area contributed by atoms with Gasteiger partial charge in [0.15, 0.2) is 0 Å². The molecule has 1 heterocycles. The van der Waals surface area contributed by atoms with Gasteiger partial charge in [0, 0.05) is 18.1 Å². The van der Waals surface area contributed by atoms with Gasteiger partial charge in [-0.15, -0.1) is 0 Å². The predicted octanol–water partition coefficient (Wildman–Crippen LogP) is 2.79. The van der Waals surface area contributed by atoms with Gasteiger partial charge in [-0.1, -0.05) is 12.1 Å². The van der Waals surface area contributed by atoms with Crippen molar-refractivity contribution in [2.75, 3.05) is 18.0 Å². The van der Waals surface area contributed by atoms with Gasteiger partial charge in [-0.3, -0.25) is 0 Å². The average Bonchev–Trinajstić information content (AvgIpc) is 2.38. The van der Waals surface area contributed by atoms with E-state index in [0.717, 1.165) is 25.2 Å². The van der Waals surface area contributed by atoms with Crippen molar-refractivity contribution in [1.82, 2.24) is 5.32 Å². The minimum Gasteiger partial charge on any atom is -0.365 e. The zero-order valence-electron chi connectivity index (χ0n) is 10.8. The largest absolute Gasteiger partial charge is 0.365 e. The van der Waals surface area contributed by atoms with Gasteiger partial charge in [0.05, 0.1) is 5.69 Å². The van der Waals surface area contributed by atoms with E-state index in [0.29, 0.717) is 6.04 Å². The second-order valence-corrected chi connectivity index (χ2v) is 5.53. The Balaban J connectivity index is 2.31. The molecule has 1 atom stereocenters. The molecule has 1 unspecified atom stereocenters. The van der Waals surface area contributed by atoms with E-state index < -0.39 is 0 Å². The molecule has 1 aliphatic rings. The first-order valence-corrected chi connectivity index (χ1v) is 6.26. The summed E-state index contributed by atoms with van der Waals surface area (Å²) in [5.74, 6) is -0.128. The number of hydrogen-bond donors (Lipinski definition) is 1. The molecule has 0 bridgehead atoms. The summed E-state index contributed by atoms with van der Waals surface area (Å²) < 4.78 is 13.9. The zero-order valence-corrected chi connectivity index (χ0v) is 10.8. The van der Waals surface area contributed by atoms with Crippen LogP contribution < -0.4 is 10.2 Å². The highest BCUT2D eigenvalue weighted by Crippen LogP contribution is 2.25. The Labute approximate surface area is 103 Å². The Bertz CT molecular complexity index is 390. The maximum Gasteiger partial charge on any atom is 0.146 e. The quantitative estimate of drug-likeness (QED) is 0.806. The molecule has 1 aliphatic heterocycles. The first-order chi connectivity index (χ1) is 7.99. The lowest BCUT2D eigenvalue weighted by atomic mass is 10.0. The summed E-state index contributed by atoms with van der Waals surface area (Å²) in [6.07, 6.45) is 1.04. The Hall–Kier alpha value is -1.09. The van der Waals surface area contributed by atoms with Crippen LogP contribution in [0.25, 0.3) is 0 Å². The Morgan fingerprint density at radius 2 is 2.06 bits per heavy atom. The summed E-state index contributed by atoms with van der Waals surface area (Å²) in [4.78, 5) is 2.18. The number of benzene rings is 1. The van der Waals surface area contributed by atoms with Gasteiger partial charge in [0.1, 0.15) is 5.82 Å². The van der Waals surface area contributed by atoms with Crippen molar-refractivity contribution in [3.8, 4) is 0 Å². The first kappa shape index (κ1) is 12.4. The maximum atomic E-state index is 13.9. The highest BCUT2D eigenvalue weighted by atomic mass is 19.1. The molecule has 1 fully saturated rings. The molecule has 0 saturated carbocycles. The molecular formula is C14H21FN2. The monoisotopic (exact) mass is 236 g/mol. The van der Waals surface area contributed by atoms with E-state index in [1.165, 1.54) is 6.07 Å². The molecule has 0 radical (unpaired) electrons. The summed E-state index contributed by atoms with van der Waals surface area (Å²) in [6.45, 7) is 8.31.